The smallest absolute Gasteiger partial charge is 0.256 e. The van der Waals surface area contributed by atoms with Gasteiger partial charge in [0.25, 0.3) is 5.91 Å². The van der Waals surface area contributed by atoms with Gasteiger partial charge in [-0.3, -0.25) is 9.48 Å². The molecule has 0 radical (unpaired) electrons. The second kappa shape index (κ2) is 7.76. The molecule has 0 saturated carbocycles. The molecule has 2 heterocycles. The third-order valence-corrected chi connectivity index (χ3v) is 4.94. The maximum Gasteiger partial charge on any atom is 0.256 e. The molecule has 0 atom stereocenters. The molecule has 0 bridgehead atoms. The van der Waals surface area contributed by atoms with Crippen LogP contribution in [0.15, 0.2) is 54.6 Å². The number of benzene rings is 2. The lowest BCUT2D eigenvalue weighted by molar-refractivity contribution is 0.102. The van der Waals surface area contributed by atoms with E-state index in [1.165, 1.54) is 18.2 Å². The first-order valence-corrected chi connectivity index (χ1v) is 9.36. The van der Waals surface area contributed by atoms with Crippen LogP contribution in [0.5, 0.6) is 0 Å². The summed E-state index contributed by atoms with van der Waals surface area (Å²) in [6, 6.07) is 16.9. The predicted molar refractivity (Wildman–Crippen MR) is 112 cm³/mol. The van der Waals surface area contributed by atoms with Crippen LogP contribution < -0.4 is 5.32 Å². The first-order valence-electron chi connectivity index (χ1n) is 9.36. The molecule has 7 heteroatoms. The quantitative estimate of drug-likeness (QED) is 0.553. The summed E-state index contributed by atoms with van der Waals surface area (Å²) in [6.07, 6.45) is 0. The fourth-order valence-electron chi connectivity index (χ4n) is 3.40. The highest BCUT2D eigenvalue weighted by atomic mass is 19.1. The second-order valence-electron chi connectivity index (χ2n) is 6.97. The van der Waals surface area contributed by atoms with Gasteiger partial charge in [0.05, 0.1) is 34.7 Å². The largest absolute Gasteiger partial charge is 0.319 e. The molecule has 0 aliphatic heterocycles. The van der Waals surface area contributed by atoms with Crippen molar-refractivity contribution in [3.05, 3.63) is 88.6 Å². The Morgan fingerprint density at radius 1 is 1.17 bits per heavy atom. The van der Waals surface area contributed by atoms with Gasteiger partial charge in [-0.25, -0.2) is 9.37 Å². The summed E-state index contributed by atoms with van der Waals surface area (Å²) in [5, 5.41) is 17.4. The van der Waals surface area contributed by atoms with E-state index in [1.54, 1.807) is 28.9 Å². The molecule has 4 rings (SSSR count). The van der Waals surface area contributed by atoms with Crippen molar-refractivity contribution in [2.45, 2.75) is 20.4 Å². The SMILES string of the molecule is Cc1nn(Cc2ccc(F)cc2)c(C)c1NC(=O)c1cc(C#N)nc2ccccc12. The van der Waals surface area contributed by atoms with Gasteiger partial charge in [0.15, 0.2) is 0 Å². The highest BCUT2D eigenvalue weighted by molar-refractivity contribution is 6.12. The number of fused-ring (bicyclic) bond motifs is 1. The van der Waals surface area contributed by atoms with Gasteiger partial charge in [-0.1, -0.05) is 30.3 Å². The van der Waals surface area contributed by atoms with Gasteiger partial charge in [-0.2, -0.15) is 10.4 Å². The average Bonchev–Trinajstić information content (AvgIpc) is 3.01. The average molecular weight is 399 g/mol. The zero-order valence-electron chi connectivity index (χ0n) is 16.5. The summed E-state index contributed by atoms with van der Waals surface area (Å²) in [5.74, 6) is -0.626. The molecule has 4 aromatic rings. The van der Waals surface area contributed by atoms with Crippen molar-refractivity contribution < 1.29 is 9.18 Å². The molecule has 148 valence electrons. The van der Waals surface area contributed by atoms with Crippen LogP contribution in [0.4, 0.5) is 10.1 Å². The minimum atomic E-state index is -0.336. The van der Waals surface area contributed by atoms with Crippen LogP contribution in [-0.4, -0.2) is 20.7 Å². The number of halogens is 1. The van der Waals surface area contributed by atoms with Gasteiger partial charge in [-0.15, -0.1) is 0 Å². The molecule has 2 aromatic heterocycles. The maximum atomic E-state index is 13.1. The fourth-order valence-corrected chi connectivity index (χ4v) is 3.40. The Morgan fingerprint density at radius 3 is 2.63 bits per heavy atom. The van der Waals surface area contributed by atoms with Crippen LogP contribution in [-0.2, 0) is 6.54 Å². The molecule has 0 saturated heterocycles. The van der Waals surface area contributed by atoms with Gasteiger partial charge in [0.1, 0.15) is 17.6 Å². The van der Waals surface area contributed by atoms with E-state index in [9.17, 15) is 14.4 Å². The number of hydrogen-bond acceptors (Lipinski definition) is 4. The van der Waals surface area contributed by atoms with E-state index in [1.807, 2.05) is 32.0 Å². The maximum absolute atomic E-state index is 13.1. The number of pyridine rings is 1. The zero-order chi connectivity index (χ0) is 21.3. The van der Waals surface area contributed by atoms with E-state index < -0.39 is 0 Å². The molecular formula is C23H18FN5O. The van der Waals surface area contributed by atoms with Crippen molar-refractivity contribution in [2.24, 2.45) is 0 Å². The van der Waals surface area contributed by atoms with Crippen LogP contribution in [0.25, 0.3) is 10.9 Å². The van der Waals surface area contributed by atoms with E-state index in [0.29, 0.717) is 34.4 Å². The van der Waals surface area contributed by atoms with Gasteiger partial charge in [-0.05, 0) is 43.7 Å². The first-order chi connectivity index (χ1) is 14.5. The Morgan fingerprint density at radius 2 is 1.90 bits per heavy atom. The Balaban J connectivity index is 1.66. The van der Waals surface area contributed by atoms with Crippen LogP contribution in [0, 0.1) is 31.0 Å². The van der Waals surface area contributed by atoms with Crippen LogP contribution in [0.2, 0.25) is 0 Å². The van der Waals surface area contributed by atoms with E-state index in [2.05, 4.69) is 15.4 Å². The van der Waals surface area contributed by atoms with Gasteiger partial charge < -0.3 is 5.32 Å². The van der Waals surface area contributed by atoms with Crippen LogP contribution >= 0.6 is 0 Å². The number of carbonyl (C=O) groups is 1. The number of nitrogens with one attached hydrogen (secondary N) is 1. The van der Waals surface area contributed by atoms with E-state index in [-0.39, 0.29) is 17.4 Å². The third kappa shape index (κ3) is 3.63. The summed E-state index contributed by atoms with van der Waals surface area (Å²) in [6.45, 7) is 4.14. The molecule has 1 N–H and O–H groups in total. The van der Waals surface area contributed by atoms with Crippen molar-refractivity contribution >= 4 is 22.5 Å². The topological polar surface area (TPSA) is 83.6 Å². The van der Waals surface area contributed by atoms with Crippen LogP contribution in [0.1, 0.15) is 33.0 Å². The van der Waals surface area contributed by atoms with Crippen molar-refractivity contribution in [3.8, 4) is 6.07 Å². The number of rotatable bonds is 4. The van der Waals surface area contributed by atoms with Crippen molar-refractivity contribution in [3.63, 3.8) is 0 Å². The minimum Gasteiger partial charge on any atom is -0.319 e. The van der Waals surface area contributed by atoms with Crippen molar-refractivity contribution in [2.75, 3.05) is 5.32 Å². The van der Waals surface area contributed by atoms with E-state index >= 15 is 0 Å². The summed E-state index contributed by atoms with van der Waals surface area (Å²) >= 11 is 0. The van der Waals surface area contributed by atoms with E-state index in [4.69, 9.17) is 0 Å². The predicted octanol–water partition coefficient (Wildman–Crippen LogP) is 4.36. The second-order valence-corrected chi connectivity index (χ2v) is 6.97. The number of para-hydroxylation sites is 1. The number of amides is 1. The number of anilines is 1. The lowest BCUT2D eigenvalue weighted by atomic mass is 10.1. The summed E-state index contributed by atoms with van der Waals surface area (Å²) in [5.41, 5.74) is 4.11. The summed E-state index contributed by atoms with van der Waals surface area (Å²) < 4.78 is 14.9. The lowest BCUT2D eigenvalue weighted by Crippen LogP contribution is -2.14. The fraction of sp³-hybridized carbons (Fsp3) is 0.130. The number of hydrogen-bond donors (Lipinski definition) is 1. The number of aryl methyl sites for hydroxylation is 1. The molecule has 0 fully saturated rings. The summed E-state index contributed by atoms with van der Waals surface area (Å²) in [4.78, 5) is 17.3. The Hall–Kier alpha value is -4.05. The van der Waals surface area contributed by atoms with Gasteiger partial charge in [0.2, 0.25) is 0 Å². The Kier molecular flexibility index (Phi) is 4.98. The first kappa shape index (κ1) is 19.3. The summed E-state index contributed by atoms with van der Waals surface area (Å²) in [7, 11) is 0. The molecule has 0 spiro atoms. The molecule has 30 heavy (non-hydrogen) atoms. The zero-order valence-corrected chi connectivity index (χ0v) is 16.5. The molecule has 1 amide bonds. The van der Waals surface area contributed by atoms with Gasteiger partial charge >= 0.3 is 0 Å². The highest BCUT2D eigenvalue weighted by Gasteiger charge is 2.18. The Labute approximate surface area is 172 Å². The standard InChI is InChI=1S/C23H18FN5O/c1-14-22(15(2)29(28-14)13-16-7-9-17(24)10-8-16)27-23(30)20-11-18(12-25)26-21-6-4-3-5-19(20)21/h3-11H,13H2,1-2H3,(H,27,30). The number of nitriles is 1. The molecule has 0 aliphatic carbocycles. The van der Waals surface area contributed by atoms with E-state index in [0.717, 1.165) is 11.3 Å². The lowest BCUT2D eigenvalue weighted by Gasteiger charge is -2.09. The third-order valence-electron chi connectivity index (χ3n) is 4.94. The van der Waals surface area contributed by atoms with Crippen LogP contribution in [0.3, 0.4) is 0 Å². The normalized spacial score (nSPS) is 10.7. The van der Waals surface area contributed by atoms with Crippen molar-refractivity contribution in [1.29, 1.82) is 5.26 Å². The molecule has 2 aromatic carbocycles. The molecule has 6 nitrogen and oxygen atoms in total. The Bertz CT molecular complexity index is 1300. The molecular weight excluding hydrogens is 381 g/mol. The minimum absolute atomic E-state index is 0.180. The number of carbonyl (C=O) groups excluding carboxylic acids is 1. The number of nitrogens with zero attached hydrogens (tertiary/aromatic N) is 4. The van der Waals surface area contributed by atoms with Gasteiger partial charge in [0, 0.05) is 5.39 Å². The monoisotopic (exact) mass is 399 g/mol. The molecule has 0 aliphatic rings. The number of aromatic nitrogens is 3. The highest BCUT2D eigenvalue weighted by Crippen LogP contribution is 2.24. The van der Waals surface area contributed by atoms with Crippen molar-refractivity contribution in [1.82, 2.24) is 14.8 Å². The molecule has 0 unspecified atom stereocenters.